The maximum atomic E-state index is 6.78. The van der Waals surface area contributed by atoms with E-state index in [-0.39, 0.29) is 27.3 Å². The number of nitrogens with zero attached hydrogens (tertiary/aromatic N) is 3. The number of nitrogen functional groups attached to an aromatic ring is 1. The summed E-state index contributed by atoms with van der Waals surface area (Å²) in [6.45, 7) is 9.59. The molecule has 4 rings (SSSR count). The van der Waals surface area contributed by atoms with Gasteiger partial charge in [0.25, 0.3) is 0 Å². The molecule has 1 aromatic heterocycles. The summed E-state index contributed by atoms with van der Waals surface area (Å²) in [5, 5.41) is 6.92. The molecular weight excluding hydrogens is 534 g/mol. The molecule has 5 nitrogen and oxygen atoms in total. The van der Waals surface area contributed by atoms with Gasteiger partial charge in [0.05, 0.1) is 22.1 Å². The highest BCUT2D eigenvalue weighted by molar-refractivity contribution is 7.78. The third-order valence-corrected chi connectivity index (χ3v) is 5.86. The van der Waals surface area contributed by atoms with E-state index in [0.717, 1.165) is 55.0 Å². The van der Waals surface area contributed by atoms with Crippen LogP contribution < -0.4 is 16.0 Å². The summed E-state index contributed by atoms with van der Waals surface area (Å²) < 4.78 is 0. The van der Waals surface area contributed by atoms with Crippen molar-refractivity contribution in [1.82, 2.24) is 4.98 Å². The molecule has 0 saturated carbocycles. The average Bonchev–Trinajstić information content (AvgIpc) is 2.92. The molecular formula is C33H46ClN5S. The van der Waals surface area contributed by atoms with E-state index < -0.39 is 0 Å². The predicted molar refractivity (Wildman–Crippen MR) is 183 cm³/mol. The molecule has 0 amide bonds. The summed E-state index contributed by atoms with van der Waals surface area (Å²) in [5.41, 5.74) is 11.9. The van der Waals surface area contributed by atoms with Crippen molar-refractivity contribution in [2.45, 2.75) is 55.1 Å². The van der Waals surface area contributed by atoms with E-state index in [1.165, 1.54) is 11.1 Å². The molecule has 0 bridgehead atoms. The fourth-order valence-electron chi connectivity index (χ4n) is 3.92. The smallest absolute Gasteiger partial charge is 0.155 e. The molecule has 0 unspecified atom stereocenters. The molecule has 0 aliphatic rings. The first-order valence-electron chi connectivity index (χ1n) is 12.8. The number of para-hydroxylation sites is 1. The average molecular weight is 580 g/mol. The standard InChI is InChI=1S/C27H30N4.C4H7NS.2CH4.ClH/c1-20(2)17-29-26-23-15-9-10-16-24(23)30-27(25(26)28)31(18-21-11-5-3-6-12-21)19-22-13-7-4-8-14-22;1-2-3-5-4-6;;;/h3-16,20H,17-19,28H2,1-2H3,(H,29,30);2-3H2,1H3;2*1H4;1H. The van der Waals surface area contributed by atoms with Gasteiger partial charge in [-0.05, 0) is 41.7 Å². The number of aliphatic imine (C=N–C) groups is 1. The number of halogens is 1. The number of nitrogens with one attached hydrogen (secondary N) is 1. The largest absolute Gasteiger partial charge is 0.394 e. The number of anilines is 3. The molecule has 216 valence electrons. The minimum Gasteiger partial charge on any atom is -0.394 e. The monoisotopic (exact) mass is 579 g/mol. The number of rotatable bonds is 10. The molecule has 4 aromatic rings. The Morgan fingerprint density at radius 1 is 0.900 bits per heavy atom. The summed E-state index contributed by atoms with van der Waals surface area (Å²) >= 11 is 4.30. The van der Waals surface area contributed by atoms with Crippen molar-refractivity contribution in [1.29, 1.82) is 0 Å². The molecule has 7 heteroatoms. The molecule has 0 aliphatic heterocycles. The van der Waals surface area contributed by atoms with Crippen LogP contribution >= 0.6 is 24.6 Å². The molecule has 0 atom stereocenters. The van der Waals surface area contributed by atoms with Gasteiger partial charge in [-0.2, -0.15) is 0 Å². The van der Waals surface area contributed by atoms with Crippen LogP contribution in [0.25, 0.3) is 10.9 Å². The topological polar surface area (TPSA) is 66.5 Å². The highest BCUT2D eigenvalue weighted by Gasteiger charge is 2.19. The molecule has 0 aliphatic carbocycles. The number of thiocarbonyl (C=S) groups is 1. The highest BCUT2D eigenvalue weighted by atomic mass is 35.5. The number of isothiocyanates is 1. The maximum absolute atomic E-state index is 6.78. The van der Waals surface area contributed by atoms with Crippen LogP contribution in [0, 0.1) is 5.92 Å². The van der Waals surface area contributed by atoms with Crippen LogP contribution in [0.4, 0.5) is 17.2 Å². The molecule has 0 spiro atoms. The second-order valence-electron chi connectivity index (χ2n) is 9.32. The first-order valence-corrected chi connectivity index (χ1v) is 13.2. The zero-order valence-electron chi connectivity index (χ0n) is 22.4. The number of hydrogen-bond donors (Lipinski definition) is 2. The molecule has 3 N–H and O–H groups in total. The van der Waals surface area contributed by atoms with Gasteiger partial charge < -0.3 is 16.0 Å². The Morgan fingerprint density at radius 2 is 1.43 bits per heavy atom. The summed E-state index contributed by atoms with van der Waals surface area (Å²) in [7, 11) is 0. The molecule has 40 heavy (non-hydrogen) atoms. The summed E-state index contributed by atoms with van der Waals surface area (Å²) in [6, 6.07) is 29.2. The van der Waals surface area contributed by atoms with Gasteiger partial charge in [0, 0.05) is 31.6 Å². The van der Waals surface area contributed by atoms with Gasteiger partial charge in [-0.3, -0.25) is 0 Å². The minimum atomic E-state index is 0. The van der Waals surface area contributed by atoms with E-state index in [1.54, 1.807) is 0 Å². The Balaban J connectivity index is 0.00000153. The fraction of sp³-hybridized carbons (Fsp3) is 0.333. The lowest BCUT2D eigenvalue weighted by molar-refractivity contribution is 0.689. The van der Waals surface area contributed by atoms with Gasteiger partial charge in [-0.1, -0.05) is 114 Å². The second-order valence-corrected chi connectivity index (χ2v) is 9.50. The molecule has 0 radical (unpaired) electrons. The number of benzene rings is 3. The summed E-state index contributed by atoms with van der Waals surface area (Å²) in [6.07, 6.45) is 1.06. The maximum Gasteiger partial charge on any atom is 0.155 e. The Morgan fingerprint density at radius 3 is 1.90 bits per heavy atom. The third kappa shape index (κ3) is 11.0. The molecule has 0 fully saturated rings. The van der Waals surface area contributed by atoms with E-state index in [4.69, 9.17) is 10.7 Å². The van der Waals surface area contributed by atoms with Crippen LogP contribution in [0.15, 0.2) is 89.9 Å². The van der Waals surface area contributed by atoms with Gasteiger partial charge in [0.1, 0.15) is 0 Å². The van der Waals surface area contributed by atoms with Crippen molar-refractivity contribution in [3.8, 4) is 0 Å². The fourth-order valence-corrected chi connectivity index (χ4v) is 4.01. The van der Waals surface area contributed by atoms with E-state index in [1.807, 2.05) is 24.3 Å². The van der Waals surface area contributed by atoms with Crippen LogP contribution in [0.5, 0.6) is 0 Å². The quantitative estimate of drug-likeness (QED) is 0.145. The normalized spacial score (nSPS) is 9.60. The molecule has 1 heterocycles. The van der Waals surface area contributed by atoms with Gasteiger partial charge in [0.15, 0.2) is 5.82 Å². The van der Waals surface area contributed by atoms with Crippen LogP contribution in [0.3, 0.4) is 0 Å². The van der Waals surface area contributed by atoms with Gasteiger partial charge >= 0.3 is 0 Å². The van der Waals surface area contributed by atoms with E-state index in [0.29, 0.717) is 11.6 Å². The van der Waals surface area contributed by atoms with Crippen molar-refractivity contribution in [3.63, 3.8) is 0 Å². The molecule has 0 saturated heterocycles. The predicted octanol–water partition coefficient (Wildman–Crippen LogP) is 9.28. The summed E-state index contributed by atoms with van der Waals surface area (Å²) in [4.78, 5) is 10.9. The first kappa shape index (κ1) is 36.6. The van der Waals surface area contributed by atoms with Crippen molar-refractivity contribution in [3.05, 3.63) is 96.1 Å². The van der Waals surface area contributed by atoms with Crippen LogP contribution in [-0.2, 0) is 13.1 Å². The highest BCUT2D eigenvalue weighted by Crippen LogP contribution is 2.37. The lowest BCUT2D eigenvalue weighted by atomic mass is 10.1. The SMILES string of the molecule is C.C.CC(C)CNc1c(N)c(N(Cc2ccccc2)Cc2ccccc2)nc2ccccc12.CCCN=C=S.Cl. The van der Waals surface area contributed by atoms with Crippen LogP contribution in [0.1, 0.15) is 53.2 Å². The first-order chi connectivity index (χ1) is 18.0. The number of fused-ring (bicyclic) bond motifs is 1. The zero-order chi connectivity index (χ0) is 26.5. The zero-order valence-corrected chi connectivity index (χ0v) is 24.1. The van der Waals surface area contributed by atoms with E-state index in [2.05, 4.69) is 114 Å². The number of pyridine rings is 1. The number of nitrogens with two attached hydrogens (primary N) is 1. The van der Waals surface area contributed by atoms with Crippen LogP contribution in [0.2, 0.25) is 0 Å². The van der Waals surface area contributed by atoms with Crippen molar-refractivity contribution < 1.29 is 0 Å². The molecule has 3 aromatic carbocycles. The lowest BCUT2D eigenvalue weighted by Gasteiger charge is -2.27. The van der Waals surface area contributed by atoms with Gasteiger partial charge in [-0.15, -0.1) is 12.4 Å². The van der Waals surface area contributed by atoms with Crippen molar-refractivity contribution >= 4 is 57.9 Å². The minimum absolute atomic E-state index is 0. The Labute approximate surface area is 253 Å². The second kappa shape index (κ2) is 19.6. The number of hydrogen-bond acceptors (Lipinski definition) is 6. The van der Waals surface area contributed by atoms with Crippen molar-refractivity contribution in [2.24, 2.45) is 10.9 Å². The number of aromatic nitrogens is 1. The van der Waals surface area contributed by atoms with Crippen LogP contribution in [-0.4, -0.2) is 23.2 Å². The summed E-state index contributed by atoms with van der Waals surface area (Å²) in [5.74, 6) is 1.33. The van der Waals surface area contributed by atoms with E-state index in [9.17, 15) is 0 Å². The third-order valence-electron chi connectivity index (χ3n) is 5.73. The lowest BCUT2D eigenvalue weighted by Crippen LogP contribution is -2.25. The van der Waals surface area contributed by atoms with Crippen molar-refractivity contribution in [2.75, 3.05) is 29.0 Å². The Hall–Kier alpha value is -3.44. The van der Waals surface area contributed by atoms with E-state index >= 15 is 0 Å². The van der Waals surface area contributed by atoms with Gasteiger partial charge in [0.2, 0.25) is 0 Å². The van der Waals surface area contributed by atoms with Gasteiger partial charge in [-0.25, -0.2) is 9.98 Å². The Kier molecular flexibility index (Phi) is 17.9. The Bertz CT molecular complexity index is 1250.